The molecule has 1 fully saturated rings. The number of likely N-dealkylation sites (tertiary alicyclic amines) is 1. The van der Waals surface area contributed by atoms with Crippen LogP contribution in [0.5, 0.6) is 17.2 Å². The first-order valence-electron chi connectivity index (χ1n) is 9.24. The van der Waals surface area contributed by atoms with Gasteiger partial charge < -0.3 is 19.9 Å². The number of benzene rings is 2. The van der Waals surface area contributed by atoms with Gasteiger partial charge >= 0.3 is 0 Å². The largest absolute Gasteiger partial charge is 0.504 e. The third-order valence-electron chi connectivity index (χ3n) is 5.05. The van der Waals surface area contributed by atoms with Crippen molar-refractivity contribution < 1.29 is 19.4 Å². The Labute approximate surface area is 173 Å². The minimum absolute atomic E-state index is 0.0707. The smallest absolute Gasteiger partial charge is 0.259 e. The molecule has 0 aromatic heterocycles. The minimum Gasteiger partial charge on any atom is -0.504 e. The summed E-state index contributed by atoms with van der Waals surface area (Å²) in [5.41, 5.74) is 1.33. The molecular weight excluding hydrogens is 424 g/mol. The number of ether oxygens (including phenoxy) is 2. The second-order valence-corrected chi connectivity index (χ2v) is 7.63. The molecule has 1 aliphatic rings. The van der Waals surface area contributed by atoms with E-state index in [-0.39, 0.29) is 34.8 Å². The number of carbonyl (C=O) groups is 1. The van der Waals surface area contributed by atoms with E-state index in [1.54, 1.807) is 6.07 Å². The molecule has 6 nitrogen and oxygen atoms in total. The van der Waals surface area contributed by atoms with Gasteiger partial charge in [0, 0.05) is 25.2 Å². The topological polar surface area (TPSA) is 71.0 Å². The van der Waals surface area contributed by atoms with Gasteiger partial charge in [-0.25, -0.2) is 0 Å². The lowest BCUT2D eigenvalue weighted by atomic mass is 10.1. The SMILES string of the molecule is COc1cc(Br)c(OC)c(C(=O)NCC2CCCN2Cc2ccccc2)c1O. The Bertz CT molecular complexity index is 829. The van der Waals surface area contributed by atoms with E-state index in [1.807, 2.05) is 18.2 Å². The standard InChI is InChI=1S/C21H25BrN2O4/c1-27-17-11-16(22)20(28-2)18(19(17)25)21(26)23-12-15-9-6-10-24(15)13-14-7-4-3-5-8-14/h3-5,7-8,11,15,25H,6,9-10,12-13H2,1-2H3,(H,23,26). The molecule has 1 aliphatic heterocycles. The fourth-order valence-corrected chi connectivity index (χ4v) is 4.18. The first-order valence-corrected chi connectivity index (χ1v) is 10.0. The van der Waals surface area contributed by atoms with Crippen molar-refractivity contribution >= 4 is 21.8 Å². The van der Waals surface area contributed by atoms with Crippen molar-refractivity contribution in [2.75, 3.05) is 27.3 Å². The number of hydrogen-bond acceptors (Lipinski definition) is 5. The summed E-state index contributed by atoms with van der Waals surface area (Å²) in [6.07, 6.45) is 2.13. The highest BCUT2D eigenvalue weighted by atomic mass is 79.9. The summed E-state index contributed by atoms with van der Waals surface area (Å²) in [7, 11) is 2.90. The zero-order chi connectivity index (χ0) is 20.1. The number of amides is 1. The maximum absolute atomic E-state index is 12.8. The lowest BCUT2D eigenvalue weighted by molar-refractivity contribution is 0.0933. The summed E-state index contributed by atoms with van der Waals surface area (Å²) in [6.45, 7) is 2.37. The van der Waals surface area contributed by atoms with Crippen molar-refractivity contribution in [3.8, 4) is 17.2 Å². The van der Waals surface area contributed by atoms with Gasteiger partial charge in [0.1, 0.15) is 11.3 Å². The van der Waals surface area contributed by atoms with Crippen LogP contribution in [-0.4, -0.2) is 49.3 Å². The van der Waals surface area contributed by atoms with E-state index in [9.17, 15) is 9.90 Å². The third kappa shape index (κ3) is 4.42. The van der Waals surface area contributed by atoms with E-state index in [2.05, 4.69) is 38.3 Å². The van der Waals surface area contributed by atoms with Crippen LogP contribution in [0.1, 0.15) is 28.8 Å². The van der Waals surface area contributed by atoms with Crippen LogP contribution >= 0.6 is 15.9 Å². The second kappa shape index (κ2) is 9.30. The van der Waals surface area contributed by atoms with Crippen molar-refractivity contribution in [2.45, 2.75) is 25.4 Å². The van der Waals surface area contributed by atoms with E-state index in [0.29, 0.717) is 11.0 Å². The fourth-order valence-electron chi connectivity index (χ4n) is 3.62. The van der Waals surface area contributed by atoms with Crippen LogP contribution in [0.4, 0.5) is 0 Å². The molecule has 1 saturated heterocycles. The van der Waals surface area contributed by atoms with Gasteiger partial charge in [-0.1, -0.05) is 30.3 Å². The van der Waals surface area contributed by atoms with E-state index < -0.39 is 0 Å². The van der Waals surface area contributed by atoms with Crippen LogP contribution in [0.2, 0.25) is 0 Å². The lowest BCUT2D eigenvalue weighted by Crippen LogP contribution is -2.40. The maximum atomic E-state index is 12.8. The van der Waals surface area contributed by atoms with Crippen LogP contribution in [-0.2, 0) is 6.54 Å². The number of rotatable bonds is 7. The van der Waals surface area contributed by atoms with Gasteiger partial charge in [-0.2, -0.15) is 0 Å². The normalized spacial score (nSPS) is 16.8. The van der Waals surface area contributed by atoms with E-state index in [4.69, 9.17) is 9.47 Å². The number of nitrogens with one attached hydrogen (secondary N) is 1. The van der Waals surface area contributed by atoms with Gasteiger partial charge in [0.05, 0.1) is 18.7 Å². The number of nitrogens with zero attached hydrogens (tertiary/aromatic N) is 1. The summed E-state index contributed by atoms with van der Waals surface area (Å²) in [5, 5.41) is 13.4. The van der Waals surface area contributed by atoms with Crippen molar-refractivity contribution in [1.82, 2.24) is 10.2 Å². The molecule has 1 heterocycles. The minimum atomic E-state index is -0.388. The molecule has 7 heteroatoms. The van der Waals surface area contributed by atoms with Crippen molar-refractivity contribution in [3.05, 3.63) is 52.0 Å². The number of aromatic hydroxyl groups is 1. The van der Waals surface area contributed by atoms with E-state index >= 15 is 0 Å². The van der Waals surface area contributed by atoms with Crippen molar-refractivity contribution in [3.63, 3.8) is 0 Å². The molecule has 0 aliphatic carbocycles. The highest BCUT2D eigenvalue weighted by Gasteiger charge is 2.28. The Balaban J connectivity index is 1.71. The molecule has 0 spiro atoms. The molecule has 150 valence electrons. The summed E-state index contributed by atoms with van der Waals surface area (Å²) in [4.78, 5) is 15.2. The third-order valence-corrected chi connectivity index (χ3v) is 5.64. The van der Waals surface area contributed by atoms with Crippen molar-refractivity contribution in [1.29, 1.82) is 0 Å². The predicted octanol–water partition coefficient (Wildman–Crippen LogP) is 3.57. The zero-order valence-electron chi connectivity index (χ0n) is 16.1. The van der Waals surface area contributed by atoms with Crippen LogP contribution < -0.4 is 14.8 Å². The number of carbonyl (C=O) groups excluding carboxylic acids is 1. The van der Waals surface area contributed by atoms with Crippen molar-refractivity contribution in [2.24, 2.45) is 0 Å². The Morgan fingerprint density at radius 2 is 2.04 bits per heavy atom. The van der Waals surface area contributed by atoms with Gasteiger partial charge in [-0.3, -0.25) is 9.69 Å². The molecule has 2 aromatic rings. The molecular formula is C21H25BrN2O4. The van der Waals surface area contributed by atoms with Gasteiger partial charge in [0.2, 0.25) is 0 Å². The Kier molecular flexibility index (Phi) is 6.80. The number of hydrogen-bond donors (Lipinski definition) is 2. The molecule has 2 N–H and O–H groups in total. The van der Waals surface area contributed by atoms with Crippen LogP contribution in [0.15, 0.2) is 40.9 Å². The Morgan fingerprint density at radius 3 is 2.71 bits per heavy atom. The summed E-state index contributed by atoms with van der Waals surface area (Å²) in [6, 6.07) is 12.2. The first kappa shape index (κ1) is 20.5. The predicted molar refractivity (Wildman–Crippen MR) is 111 cm³/mol. The summed E-state index contributed by atoms with van der Waals surface area (Å²) in [5.74, 6) is -0.124. The highest BCUT2D eigenvalue weighted by Crippen LogP contribution is 2.42. The average molecular weight is 449 g/mol. The van der Waals surface area contributed by atoms with E-state index in [1.165, 1.54) is 19.8 Å². The molecule has 1 atom stereocenters. The average Bonchev–Trinajstić information content (AvgIpc) is 3.14. The maximum Gasteiger partial charge on any atom is 0.259 e. The number of phenols is 1. The quantitative estimate of drug-likeness (QED) is 0.677. The molecule has 0 bridgehead atoms. The van der Waals surface area contributed by atoms with Crippen LogP contribution in [0.3, 0.4) is 0 Å². The first-order chi connectivity index (χ1) is 13.5. The van der Waals surface area contributed by atoms with Gasteiger partial charge in [0.25, 0.3) is 5.91 Å². The summed E-state index contributed by atoms with van der Waals surface area (Å²) < 4.78 is 11.0. The monoisotopic (exact) mass is 448 g/mol. The number of methoxy groups -OCH3 is 2. The Morgan fingerprint density at radius 1 is 1.29 bits per heavy atom. The van der Waals surface area contributed by atoms with Crippen LogP contribution in [0.25, 0.3) is 0 Å². The Hall–Kier alpha value is -2.25. The van der Waals surface area contributed by atoms with Crippen LogP contribution in [0, 0.1) is 0 Å². The number of phenolic OH excluding ortho intramolecular Hbond substituents is 1. The molecule has 2 aromatic carbocycles. The van der Waals surface area contributed by atoms with Gasteiger partial charge in [-0.15, -0.1) is 0 Å². The number of halogens is 1. The second-order valence-electron chi connectivity index (χ2n) is 6.78. The molecule has 0 saturated carbocycles. The summed E-state index contributed by atoms with van der Waals surface area (Å²) >= 11 is 3.36. The lowest BCUT2D eigenvalue weighted by Gasteiger charge is -2.25. The van der Waals surface area contributed by atoms with E-state index in [0.717, 1.165) is 25.9 Å². The molecule has 1 unspecified atom stereocenters. The highest BCUT2D eigenvalue weighted by molar-refractivity contribution is 9.10. The molecule has 0 radical (unpaired) electrons. The van der Waals surface area contributed by atoms with Gasteiger partial charge in [0.15, 0.2) is 11.5 Å². The molecule has 3 rings (SSSR count). The molecule has 1 amide bonds. The zero-order valence-corrected chi connectivity index (χ0v) is 17.7. The van der Waals surface area contributed by atoms with Gasteiger partial charge in [-0.05, 0) is 40.9 Å². The molecule has 28 heavy (non-hydrogen) atoms. The fraction of sp³-hybridized carbons (Fsp3) is 0.381.